The number of hydrogen-bond donors (Lipinski definition) is 2. The van der Waals surface area contributed by atoms with E-state index in [1.165, 1.54) is 6.26 Å². The summed E-state index contributed by atoms with van der Waals surface area (Å²) >= 11 is 0. The molecule has 0 saturated heterocycles. The van der Waals surface area contributed by atoms with Crippen molar-refractivity contribution >= 4 is 15.7 Å². The molecule has 0 saturated carbocycles. The van der Waals surface area contributed by atoms with Gasteiger partial charge in [0, 0.05) is 26.3 Å². The van der Waals surface area contributed by atoms with E-state index in [1.807, 2.05) is 0 Å². The Bertz CT molecular complexity index is 323. The molecule has 0 fully saturated rings. The van der Waals surface area contributed by atoms with Gasteiger partial charge in [0.15, 0.2) is 9.84 Å². The second-order valence-electron chi connectivity index (χ2n) is 4.49. The smallest absolute Gasteiger partial charge is 0.219 e. The molecule has 0 aliphatic carbocycles. The van der Waals surface area contributed by atoms with Gasteiger partial charge in [-0.05, 0) is 26.8 Å². The molecular formula is C10H22N2O3S. The molecule has 0 aliphatic heterocycles. The summed E-state index contributed by atoms with van der Waals surface area (Å²) in [6.07, 6.45) is 2.40. The van der Waals surface area contributed by atoms with Crippen LogP contribution in [0.5, 0.6) is 0 Å². The zero-order chi connectivity index (χ0) is 12.8. The van der Waals surface area contributed by atoms with Crippen molar-refractivity contribution in [1.82, 2.24) is 10.6 Å². The Kier molecular flexibility index (Phi) is 5.96. The molecule has 0 radical (unpaired) electrons. The van der Waals surface area contributed by atoms with Gasteiger partial charge in [-0.15, -0.1) is 0 Å². The maximum atomic E-state index is 11.4. The minimum Gasteiger partial charge on any atom is -0.359 e. The predicted molar refractivity (Wildman–Crippen MR) is 65.1 cm³/mol. The van der Waals surface area contributed by atoms with Crippen LogP contribution in [0.1, 0.15) is 26.7 Å². The summed E-state index contributed by atoms with van der Waals surface area (Å²) in [4.78, 5) is 10.9. The van der Waals surface area contributed by atoms with Gasteiger partial charge in [-0.2, -0.15) is 0 Å². The lowest BCUT2D eigenvalue weighted by molar-refractivity contribution is -0.120. The first-order valence-corrected chi connectivity index (χ1v) is 7.21. The van der Waals surface area contributed by atoms with Gasteiger partial charge in [0.2, 0.25) is 5.91 Å². The summed E-state index contributed by atoms with van der Waals surface area (Å²) in [5.74, 6) is 0.00386. The molecule has 2 N–H and O–H groups in total. The molecule has 0 unspecified atom stereocenters. The summed E-state index contributed by atoms with van der Waals surface area (Å²) in [6.45, 7) is 4.42. The van der Waals surface area contributed by atoms with Gasteiger partial charge in [0.1, 0.15) is 0 Å². The van der Waals surface area contributed by atoms with E-state index in [4.69, 9.17) is 0 Å². The maximum absolute atomic E-state index is 11.4. The first-order chi connectivity index (χ1) is 7.20. The minimum absolute atomic E-state index is 0.00386. The number of carbonyl (C=O) groups is 1. The van der Waals surface area contributed by atoms with E-state index in [1.54, 1.807) is 20.9 Å². The van der Waals surface area contributed by atoms with Crippen LogP contribution in [0.3, 0.4) is 0 Å². The molecular weight excluding hydrogens is 228 g/mol. The second-order valence-corrected chi connectivity index (χ2v) is 7.13. The summed E-state index contributed by atoms with van der Waals surface area (Å²) in [5.41, 5.74) is 0. The number of rotatable bonds is 7. The molecule has 6 heteroatoms. The Morgan fingerprint density at radius 3 is 2.31 bits per heavy atom. The van der Waals surface area contributed by atoms with Crippen LogP contribution in [0.4, 0.5) is 0 Å². The van der Waals surface area contributed by atoms with E-state index in [0.717, 1.165) is 0 Å². The molecule has 16 heavy (non-hydrogen) atoms. The van der Waals surface area contributed by atoms with Crippen LogP contribution < -0.4 is 10.6 Å². The quantitative estimate of drug-likeness (QED) is 0.620. The Balaban J connectivity index is 3.79. The third-order valence-electron chi connectivity index (χ3n) is 2.59. The molecule has 96 valence electrons. The Morgan fingerprint density at radius 2 is 1.88 bits per heavy atom. The highest BCUT2D eigenvalue weighted by molar-refractivity contribution is 7.92. The standard InChI is InChI=1S/C10H22N2O3S/c1-10(2,16(4,14)15)8-12-7-5-6-9(13)11-3/h12H,5-8H2,1-4H3,(H,11,13). The minimum atomic E-state index is -3.05. The molecule has 1 amide bonds. The van der Waals surface area contributed by atoms with Crippen molar-refractivity contribution in [3.8, 4) is 0 Å². The van der Waals surface area contributed by atoms with Crippen LogP contribution in [0.2, 0.25) is 0 Å². The number of hydrogen-bond acceptors (Lipinski definition) is 4. The van der Waals surface area contributed by atoms with Crippen LogP contribution in [0, 0.1) is 0 Å². The topological polar surface area (TPSA) is 75.3 Å². The largest absolute Gasteiger partial charge is 0.359 e. The summed E-state index contributed by atoms with van der Waals surface area (Å²) in [5, 5.41) is 5.59. The van der Waals surface area contributed by atoms with E-state index in [2.05, 4.69) is 10.6 Å². The van der Waals surface area contributed by atoms with Crippen LogP contribution in [-0.2, 0) is 14.6 Å². The Morgan fingerprint density at radius 1 is 1.31 bits per heavy atom. The van der Waals surface area contributed by atoms with Crippen molar-refractivity contribution in [1.29, 1.82) is 0 Å². The first kappa shape index (κ1) is 15.4. The Hall–Kier alpha value is -0.620. The monoisotopic (exact) mass is 250 g/mol. The number of sulfone groups is 1. The number of amides is 1. The molecule has 0 aromatic rings. The van der Waals surface area contributed by atoms with E-state index >= 15 is 0 Å². The molecule has 5 nitrogen and oxygen atoms in total. The fourth-order valence-corrected chi connectivity index (χ4v) is 1.38. The third-order valence-corrected chi connectivity index (χ3v) is 4.74. The maximum Gasteiger partial charge on any atom is 0.219 e. The van der Waals surface area contributed by atoms with Crippen LogP contribution >= 0.6 is 0 Å². The molecule has 0 aliphatic rings. The highest BCUT2D eigenvalue weighted by Gasteiger charge is 2.29. The average Bonchev–Trinajstić information content (AvgIpc) is 2.15. The number of nitrogens with one attached hydrogen (secondary N) is 2. The van der Waals surface area contributed by atoms with Crippen molar-refractivity contribution in [2.45, 2.75) is 31.4 Å². The lowest BCUT2D eigenvalue weighted by atomic mass is 10.2. The van der Waals surface area contributed by atoms with Crippen LogP contribution in [0.25, 0.3) is 0 Å². The van der Waals surface area contributed by atoms with Gasteiger partial charge in [-0.3, -0.25) is 4.79 Å². The Labute approximate surface area is 97.9 Å². The molecule has 0 aromatic heterocycles. The van der Waals surface area contributed by atoms with Gasteiger partial charge in [-0.1, -0.05) is 0 Å². The van der Waals surface area contributed by atoms with Crippen molar-refractivity contribution < 1.29 is 13.2 Å². The molecule has 0 rings (SSSR count). The number of carbonyl (C=O) groups excluding carboxylic acids is 1. The lowest BCUT2D eigenvalue weighted by Crippen LogP contribution is -2.42. The molecule has 0 heterocycles. The SMILES string of the molecule is CNC(=O)CCCNCC(C)(C)S(C)(=O)=O. The van der Waals surface area contributed by atoms with Crippen molar-refractivity contribution in [2.24, 2.45) is 0 Å². The molecule has 0 atom stereocenters. The first-order valence-electron chi connectivity index (χ1n) is 5.31. The van der Waals surface area contributed by atoms with Gasteiger partial charge >= 0.3 is 0 Å². The average molecular weight is 250 g/mol. The predicted octanol–water partition coefficient (Wildman–Crippen LogP) is -0.0746. The molecule has 0 spiro atoms. The van der Waals surface area contributed by atoms with Gasteiger partial charge in [0.25, 0.3) is 0 Å². The zero-order valence-electron chi connectivity index (χ0n) is 10.5. The third kappa shape index (κ3) is 5.46. The van der Waals surface area contributed by atoms with Crippen molar-refractivity contribution in [2.75, 3.05) is 26.4 Å². The fourth-order valence-electron chi connectivity index (χ4n) is 1.02. The van der Waals surface area contributed by atoms with Gasteiger partial charge in [-0.25, -0.2) is 8.42 Å². The van der Waals surface area contributed by atoms with Gasteiger partial charge < -0.3 is 10.6 Å². The molecule has 0 aromatic carbocycles. The van der Waals surface area contributed by atoms with E-state index < -0.39 is 14.6 Å². The molecule has 0 bridgehead atoms. The summed E-state index contributed by atoms with van der Waals surface area (Å²) < 4.78 is 22.0. The van der Waals surface area contributed by atoms with Crippen molar-refractivity contribution in [3.63, 3.8) is 0 Å². The second kappa shape index (κ2) is 6.20. The van der Waals surface area contributed by atoms with Gasteiger partial charge in [0.05, 0.1) is 4.75 Å². The normalized spacial score (nSPS) is 12.5. The van der Waals surface area contributed by atoms with E-state index in [9.17, 15) is 13.2 Å². The van der Waals surface area contributed by atoms with Crippen LogP contribution in [-0.4, -0.2) is 45.5 Å². The lowest BCUT2D eigenvalue weighted by Gasteiger charge is -2.22. The summed E-state index contributed by atoms with van der Waals surface area (Å²) in [6, 6.07) is 0. The highest BCUT2D eigenvalue weighted by atomic mass is 32.2. The van der Waals surface area contributed by atoms with E-state index in [0.29, 0.717) is 25.9 Å². The summed E-state index contributed by atoms with van der Waals surface area (Å²) in [7, 11) is -1.45. The van der Waals surface area contributed by atoms with E-state index in [-0.39, 0.29) is 5.91 Å². The highest BCUT2D eigenvalue weighted by Crippen LogP contribution is 2.13. The van der Waals surface area contributed by atoms with Crippen molar-refractivity contribution in [3.05, 3.63) is 0 Å². The fraction of sp³-hybridized carbons (Fsp3) is 0.900. The zero-order valence-corrected chi connectivity index (χ0v) is 11.3. The van der Waals surface area contributed by atoms with Crippen LogP contribution in [0.15, 0.2) is 0 Å².